The first-order valence-corrected chi connectivity index (χ1v) is 15.2. The van der Waals surface area contributed by atoms with Gasteiger partial charge in [0.15, 0.2) is 0 Å². The van der Waals surface area contributed by atoms with Crippen molar-refractivity contribution >= 4 is 0 Å². The first-order chi connectivity index (χ1) is 16.7. The van der Waals surface area contributed by atoms with Crippen molar-refractivity contribution in [2.45, 2.75) is 148 Å². The molecule has 190 valence electrons. The minimum Gasteiger partial charge on any atom is -0.198 e. The van der Waals surface area contributed by atoms with E-state index in [0.717, 1.165) is 31.1 Å². The lowest BCUT2D eigenvalue weighted by molar-refractivity contribution is 0.223. The van der Waals surface area contributed by atoms with Crippen LogP contribution in [0.1, 0.15) is 153 Å². The minimum atomic E-state index is -0.0281. The van der Waals surface area contributed by atoms with Gasteiger partial charge in [0.05, 0.1) is 11.5 Å². The zero-order chi connectivity index (χ0) is 24.1. The van der Waals surface area contributed by atoms with E-state index >= 15 is 0 Å². The van der Waals surface area contributed by atoms with Crippen molar-refractivity contribution in [3.63, 3.8) is 0 Å². The summed E-state index contributed by atoms with van der Waals surface area (Å²) in [5.41, 5.74) is 3.02. The standard InChI is InChI=1S/C33H53N/c1-3-5-7-8-9-11-28-12-14-29(15-13-28)16-17-30-18-20-31(21-19-30)32-22-25-33(27-34,26-23-32)24-10-6-4-2/h18-21,28-29,32H,3-17,22-26H2,1-2H3/t28-,29-,32?,33?. The van der Waals surface area contributed by atoms with E-state index in [0.29, 0.717) is 5.92 Å². The second-order valence-corrected chi connectivity index (χ2v) is 12.0. The van der Waals surface area contributed by atoms with Crippen molar-refractivity contribution in [1.29, 1.82) is 5.26 Å². The third-order valence-corrected chi connectivity index (χ3v) is 9.41. The highest BCUT2D eigenvalue weighted by Gasteiger charge is 2.35. The largest absolute Gasteiger partial charge is 0.198 e. The molecule has 0 aliphatic heterocycles. The van der Waals surface area contributed by atoms with Crippen LogP contribution < -0.4 is 0 Å². The molecule has 0 spiro atoms. The number of unbranched alkanes of at least 4 members (excludes halogenated alkanes) is 6. The fourth-order valence-corrected chi connectivity index (χ4v) is 6.81. The van der Waals surface area contributed by atoms with Crippen LogP contribution in [0.3, 0.4) is 0 Å². The Morgan fingerprint density at radius 2 is 1.32 bits per heavy atom. The average molecular weight is 464 g/mol. The molecule has 1 heteroatoms. The number of benzene rings is 1. The van der Waals surface area contributed by atoms with Gasteiger partial charge in [-0.05, 0) is 73.8 Å². The van der Waals surface area contributed by atoms with E-state index in [1.54, 1.807) is 0 Å². The van der Waals surface area contributed by atoms with Crippen molar-refractivity contribution in [3.8, 4) is 6.07 Å². The van der Waals surface area contributed by atoms with Gasteiger partial charge in [0.2, 0.25) is 0 Å². The number of hydrogen-bond acceptors (Lipinski definition) is 1. The van der Waals surface area contributed by atoms with Gasteiger partial charge in [-0.15, -0.1) is 0 Å². The molecule has 0 heterocycles. The first-order valence-electron chi connectivity index (χ1n) is 15.2. The Morgan fingerprint density at radius 1 is 0.735 bits per heavy atom. The Kier molecular flexibility index (Phi) is 12.0. The van der Waals surface area contributed by atoms with E-state index in [9.17, 15) is 5.26 Å². The summed E-state index contributed by atoms with van der Waals surface area (Å²) in [7, 11) is 0. The average Bonchev–Trinajstić information content (AvgIpc) is 2.89. The predicted octanol–water partition coefficient (Wildman–Crippen LogP) is 10.5. The third kappa shape index (κ3) is 8.73. The molecule has 0 bridgehead atoms. The maximum Gasteiger partial charge on any atom is 0.0689 e. The quantitative estimate of drug-likeness (QED) is 0.252. The molecule has 2 aliphatic carbocycles. The van der Waals surface area contributed by atoms with Crippen molar-refractivity contribution in [1.82, 2.24) is 0 Å². The Labute approximate surface area is 212 Å². The van der Waals surface area contributed by atoms with Crippen LogP contribution in [0.15, 0.2) is 24.3 Å². The van der Waals surface area contributed by atoms with Crippen LogP contribution in [0, 0.1) is 28.6 Å². The highest BCUT2D eigenvalue weighted by Crippen LogP contribution is 2.45. The molecule has 0 atom stereocenters. The monoisotopic (exact) mass is 463 g/mol. The maximum atomic E-state index is 9.83. The third-order valence-electron chi connectivity index (χ3n) is 9.41. The number of aryl methyl sites for hydroxylation is 1. The van der Waals surface area contributed by atoms with Crippen LogP contribution in [0.25, 0.3) is 0 Å². The lowest BCUT2D eigenvalue weighted by atomic mass is 9.67. The number of nitrogens with zero attached hydrogens (tertiary/aromatic N) is 1. The Bertz CT molecular complexity index is 695. The topological polar surface area (TPSA) is 23.8 Å². The molecular weight excluding hydrogens is 410 g/mol. The first kappa shape index (κ1) is 27.3. The number of rotatable bonds is 14. The van der Waals surface area contributed by atoms with Crippen molar-refractivity contribution in [3.05, 3.63) is 35.4 Å². The van der Waals surface area contributed by atoms with Crippen LogP contribution in [-0.2, 0) is 6.42 Å². The molecule has 0 aromatic heterocycles. The van der Waals surface area contributed by atoms with Gasteiger partial charge in [-0.1, -0.05) is 122 Å². The van der Waals surface area contributed by atoms with Crippen LogP contribution in [0.2, 0.25) is 0 Å². The summed E-state index contributed by atoms with van der Waals surface area (Å²) in [5, 5.41) is 9.83. The van der Waals surface area contributed by atoms with E-state index in [-0.39, 0.29) is 5.41 Å². The molecule has 1 aromatic rings. The molecule has 0 N–H and O–H groups in total. The molecule has 34 heavy (non-hydrogen) atoms. The molecule has 0 unspecified atom stereocenters. The van der Waals surface area contributed by atoms with Crippen LogP contribution in [0.4, 0.5) is 0 Å². The van der Waals surface area contributed by atoms with Gasteiger partial charge >= 0.3 is 0 Å². The molecular formula is C33H53N. The van der Waals surface area contributed by atoms with E-state index < -0.39 is 0 Å². The normalized spacial score (nSPS) is 27.4. The number of hydrogen-bond donors (Lipinski definition) is 0. The smallest absolute Gasteiger partial charge is 0.0689 e. The van der Waals surface area contributed by atoms with Crippen LogP contribution in [-0.4, -0.2) is 0 Å². The van der Waals surface area contributed by atoms with Gasteiger partial charge in [-0.25, -0.2) is 0 Å². The summed E-state index contributed by atoms with van der Waals surface area (Å²) < 4.78 is 0. The van der Waals surface area contributed by atoms with Gasteiger partial charge in [0.25, 0.3) is 0 Å². The Morgan fingerprint density at radius 3 is 1.94 bits per heavy atom. The predicted molar refractivity (Wildman–Crippen MR) is 147 cm³/mol. The van der Waals surface area contributed by atoms with Crippen LogP contribution in [0.5, 0.6) is 0 Å². The summed E-state index contributed by atoms with van der Waals surface area (Å²) in [6.07, 6.45) is 26.7. The van der Waals surface area contributed by atoms with Gasteiger partial charge in [0, 0.05) is 0 Å². The molecule has 0 radical (unpaired) electrons. The summed E-state index contributed by atoms with van der Waals surface area (Å²) in [6, 6.07) is 12.4. The minimum absolute atomic E-state index is 0.0281. The SMILES string of the molecule is CCCCCCC[C@H]1CC[C@H](CCc2ccc(C3CCC(C#N)(CCCCC)CC3)cc2)CC1. The lowest BCUT2D eigenvalue weighted by Crippen LogP contribution is -2.25. The summed E-state index contributed by atoms with van der Waals surface area (Å²) in [5.74, 6) is 2.65. The fourth-order valence-electron chi connectivity index (χ4n) is 6.81. The molecule has 2 aliphatic rings. The Balaban J connectivity index is 1.34. The zero-order valence-corrected chi connectivity index (χ0v) is 22.6. The summed E-state index contributed by atoms with van der Waals surface area (Å²) >= 11 is 0. The molecule has 0 saturated heterocycles. The molecule has 2 saturated carbocycles. The van der Waals surface area contributed by atoms with Crippen molar-refractivity contribution in [2.75, 3.05) is 0 Å². The van der Waals surface area contributed by atoms with Gasteiger partial charge in [0.1, 0.15) is 0 Å². The van der Waals surface area contributed by atoms with E-state index in [1.165, 1.54) is 120 Å². The molecule has 2 fully saturated rings. The molecule has 1 aromatic carbocycles. The molecule has 1 nitrogen and oxygen atoms in total. The summed E-state index contributed by atoms with van der Waals surface area (Å²) in [4.78, 5) is 0. The van der Waals surface area contributed by atoms with Gasteiger partial charge in [-0.3, -0.25) is 0 Å². The highest BCUT2D eigenvalue weighted by atomic mass is 14.4. The van der Waals surface area contributed by atoms with E-state index in [1.807, 2.05) is 0 Å². The molecule has 0 amide bonds. The maximum absolute atomic E-state index is 9.83. The number of nitriles is 1. The highest BCUT2D eigenvalue weighted by molar-refractivity contribution is 5.26. The van der Waals surface area contributed by atoms with Gasteiger partial charge < -0.3 is 0 Å². The Hall–Kier alpha value is -1.29. The second-order valence-electron chi connectivity index (χ2n) is 12.0. The van der Waals surface area contributed by atoms with Crippen molar-refractivity contribution < 1.29 is 0 Å². The van der Waals surface area contributed by atoms with E-state index in [4.69, 9.17) is 0 Å². The van der Waals surface area contributed by atoms with Crippen LogP contribution >= 0.6 is 0 Å². The fraction of sp³-hybridized carbons (Fsp3) is 0.788. The van der Waals surface area contributed by atoms with E-state index in [2.05, 4.69) is 44.2 Å². The van der Waals surface area contributed by atoms with Gasteiger partial charge in [-0.2, -0.15) is 5.26 Å². The zero-order valence-electron chi connectivity index (χ0n) is 22.6. The second kappa shape index (κ2) is 15.0. The molecule has 3 rings (SSSR count). The van der Waals surface area contributed by atoms with Crippen molar-refractivity contribution in [2.24, 2.45) is 17.3 Å². The summed E-state index contributed by atoms with van der Waals surface area (Å²) in [6.45, 7) is 4.56. The lowest BCUT2D eigenvalue weighted by Gasteiger charge is -2.35.